The van der Waals surface area contributed by atoms with Crippen LogP contribution in [0, 0.1) is 6.92 Å². The SMILES string of the molecule is COCCCn1ccc2c(cnc3c(-c4ccccc4)c(C)nn32)c1=O. The van der Waals surface area contributed by atoms with Crippen LogP contribution >= 0.6 is 0 Å². The van der Waals surface area contributed by atoms with Gasteiger partial charge < -0.3 is 9.30 Å². The van der Waals surface area contributed by atoms with Crippen LogP contribution in [0.3, 0.4) is 0 Å². The number of aryl methyl sites for hydroxylation is 2. The van der Waals surface area contributed by atoms with Gasteiger partial charge in [-0.15, -0.1) is 0 Å². The molecule has 4 rings (SSSR count). The van der Waals surface area contributed by atoms with Gasteiger partial charge in [-0.05, 0) is 25.0 Å². The van der Waals surface area contributed by atoms with E-state index in [0.717, 1.165) is 34.4 Å². The topological polar surface area (TPSA) is 61.4 Å². The van der Waals surface area contributed by atoms with Crippen molar-refractivity contribution >= 4 is 16.6 Å². The molecule has 0 atom stereocenters. The minimum absolute atomic E-state index is 0.0533. The number of benzene rings is 1. The van der Waals surface area contributed by atoms with E-state index in [1.807, 2.05) is 49.5 Å². The third kappa shape index (κ3) is 2.68. The molecule has 0 aliphatic carbocycles. The van der Waals surface area contributed by atoms with Gasteiger partial charge >= 0.3 is 0 Å². The lowest BCUT2D eigenvalue weighted by molar-refractivity contribution is 0.190. The van der Waals surface area contributed by atoms with Crippen LogP contribution < -0.4 is 5.56 Å². The summed E-state index contributed by atoms with van der Waals surface area (Å²) in [5, 5.41) is 5.22. The first kappa shape index (κ1) is 16.5. The lowest BCUT2D eigenvalue weighted by Gasteiger charge is -2.08. The molecule has 0 saturated heterocycles. The molecular weight excluding hydrogens is 328 g/mol. The normalized spacial score (nSPS) is 11.5. The van der Waals surface area contributed by atoms with Gasteiger partial charge in [0.15, 0.2) is 5.65 Å². The fourth-order valence-electron chi connectivity index (χ4n) is 3.31. The Kier molecular flexibility index (Phi) is 4.26. The van der Waals surface area contributed by atoms with Gasteiger partial charge in [-0.3, -0.25) is 4.79 Å². The van der Waals surface area contributed by atoms with Gasteiger partial charge in [-0.25, -0.2) is 9.50 Å². The number of nitrogens with zero attached hydrogens (tertiary/aromatic N) is 4. The molecule has 0 fully saturated rings. The average molecular weight is 348 g/mol. The van der Waals surface area contributed by atoms with Gasteiger partial charge in [0.25, 0.3) is 5.56 Å². The molecule has 26 heavy (non-hydrogen) atoms. The highest BCUT2D eigenvalue weighted by Gasteiger charge is 2.16. The lowest BCUT2D eigenvalue weighted by atomic mass is 10.1. The molecule has 6 nitrogen and oxygen atoms in total. The van der Waals surface area contributed by atoms with Crippen molar-refractivity contribution in [2.45, 2.75) is 19.9 Å². The first-order valence-corrected chi connectivity index (χ1v) is 8.62. The van der Waals surface area contributed by atoms with Crippen LogP contribution in [0.5, 0.6) is 0 Å². The highest BCUT2D eigenvalue weighted by Crippen LogP contribution is 2.28. The Hall–Kier alpha value is -2.99. The second-order valence-corrected chi connectivity index (χ2v) is 6.28. The summed E-state index contributed by atoms with van der Waals surface area (Å²) in [4.78, 5) is 17.3. The predicted octanol–water partition coefficient (Wildman–Crippen LogP) is 3.06. The maximum absolute atomic E-state index is 12.8. The Labute approximate surface area is 150 Å². The van der Waals surface area contributed by atoms with Crippen molar-refractivity contribution in [3.8, 4) is 11.1 Å². The fourth-order valence-corrected chi connectivity index (χ4v) is 3.31. The van der Waals surface area contributed by atoms with Gasteiger partial charge in [0.2, 0.25) is 0 Å². The predicted molar refractivity (Wildman–Crippen MR) is 101 cm³/mol. The monoisotopic (exact) mass is 348 g/mol. The van der Waals surface area contributed by atoms with E-state index >= 15 is 0 Å². The van der Waals surface area contributed by atoms with Gasteiger partial charge in [0.05, 0.1) is 16.6 Å². The van der Waals surface area contributed by atoms with E-state index in [9.17, 15) is 4.79 Å². The number of methoxy groups -OCH3 is 1. The average Bonchev–Trinajstić information content (AvgIpc) is 3.00. The molecule has 3 aromatic heterocycles. The van der Waals surface area contributed by atoms with Gasteiger partial charge in [-0.2, -0.15) is 5.10 Å². The van der Waals surface area contributed by atoms with E-state index in [0.29, 0.717) is 18.5 Å². The second-order valence-electron chi connectivity index (χ2n) is 6.28. The summed E-state index contributed by atoms with van der Waals surface area (Å²) in [5.41, 5.74) is 4.44. The van der Waals surface area contributed by atoms with E-state index in [1.165, 1.54) is 0 Å². The molecule has 0 N–H and O–H groups in total. The highest BCUT2D eigenvalue weighted by atomic mass is 16.5. The van der Waals surface area contributed by atoms with Gasteiger partial charge in [-0.1, -0.05) is 30.3 Å². The van der Waals surface area contributed by atoms with E-state index in [-0.39, 0.29) is 5.56 Å². The van der Waals surface area contributed by atoms with Crippen molar-refractivity contribution < 1.29 is 4.74 Å². The number of ether oxygens (including phenoxy) is 1. The van der Waals surface area contributed by atoms with Crippen LogP contribution in [0.15, 0.2) is 53.6 Å². The molecule has 3 heterocycles. The van der Waals surface area contributed by atoms with Crippen molar-refractivity contribution in [3.63, 3.8) is 0 Å². The van der Waals surface area contributed by atoms with Crippen LogP contribution in [0.2, 0.25) is 0 Å². The molecule has 132 valence electrons. The molecule has 0 saturated carbocycles. The second kappa shape index (κ2) is 6.72. The third-order valence-electron chi connectivity index (χ3n) is 4.57. The summed E-state index contributed by atoms with van der Waals surface area (Å²) < 4.78 is 8.53. The van der Waals surface area contributed by atoms with Gasteiger partial charge in [0.1, 0.15) is 0 Å². The summed E-state index contributed by atoms with van der Waals surface area (Å²) in [6, 6.07) is 12.0. The first-order valence-electron chi connectivity index (χ1n) is 8.62. The Morgan fingerprint density at radius 3 is 2.73 bits per heavy atom. The fraction of sp³-hybridized carbons (Fsp3) is 0.250. The third-order valence-corrected chi connectivity index (χ3v) is 4.57. The van der Waals surface area contributed by atoms with Crippen LogP contribution in [-0.4, -0.2) is 32.9 Å². The maximum Gasteiger partial charge on any atom is 0.261 e. The smallest absolute Gasteiger partial charge is 0.261 e. The van der Waals surface area contributed by atoms with E-state index in [4.69, 9.17) is 4.74 Å². The first-order chi connectivity index (χ1) is 12.7. The Morgan fingerprint density at radius 2 is 1.96 bits per heavy atom. The Bertz CT molecular complexity index is 1130. The quantitative estimate of drug-likeness (QED) is 0.520. The largest absolute Gasteiger partial charge is 0.385 e. The van der Waals surface area contributed by atoms with E-state index in [2.05, 4.69) is 10.1 Å². The van der Waals surface area contributed by atoms with Crippen molar-refractivity contribution in [3.05, 3.63) is 64.8 Å². The zero-order valence-electron chi connectivity index (χ0n) is 14.8. The molecule has 4 aromatic rings. The van der Waals surface area contributed by atoms with E-state index < -0.39 is 0 Å². The van der Waals surface area contributed by atoms with Crippen molar-refractivity contribution in [1.82, 2.24) is 19.2 Å². The summed E-state index contributed by atoms with van der Waals surface area (Å²) >= 11 is 0. The van der Waals surface area contributed by atoms with Crippen LogP contribution in [0.25, 0.3) is 27.7 Å². The number of pyridine rings is 1. The molecule has 0 spiro atoms. The van der Waals surface area contributed by atoms with Gasteiger partial charge in [0, 0.05) is 38.2 Å². The molecule has 0 aliphatic rings. The molecule has 0 aliphatic heterocycles. The minimum Gasteiger partial charge on any atom is -0.385 e. The molecule has 0 radical (unpaired) electrons. The summed E-state index contributed by atoms with van der Waals surface area (Å²) in [7, 11) is 1.66. The number of rotatable bonds is 5. The zero-order valence-corrected chi connectivity index (χ0v) is 14.8. The molecule has 6 heteroatoms. The standard InChI is InChI=1S/C20H20N4O2/c1-14-18(15-7-4-3-5-8-15)19-21-13-16-17(24(19)22-14)9-11-23(20(16)25)10-6-12-26-2/h3-5,7-9,11,13H,6,10,12H2,1-2H3. The summed E-state index contributed by atoms with van der Waals surface area (Å²) in [6.07, 6.45) is 4.27. The maximum atomic E-state index is 12.8. The minimum atomic E-state index is -0.0533. The lowest BCUT2D eigenvalue weighted by Crippen LogP contribution is -2.21. The zero-order chi connectivity index (χ0) is 18.1. The molecule has 0 bridgehead atoms. The highest BCUT2D eigenvalue weighted by molar-refractivity contribution is 5.86. The number of fused-ring (bicyclic) bond motifs is 3. The van der Waals surface area contributed by atoms with Crippen molar-refractivity contribution in [2.24, 2.45) is 0 Å². The van der Waals surface area contributed by atoms with Crippen LogP contribution in [0.4, 0.5) is 0 Å². The van der Waals surface area contributed by atoms with E-state index in [1.54, 1.807) is 22.4 Å². The summed E-state index contributed by atoms with van der Waals surface area (Å²) in [5.74, 6) is 0. The van der Waals surface area contributed by atoms with Crippen molar-refractivity contribution in [2.75, 3.05) is 13.7 Å². The summed E-state index contributed by atoms with van der Waals surface area (Å²) in [6.45, 7) is 3.21. The van der Waals surface area contributed by atoms with Crippen LogP contribution in [0.1, 0.15) is 12.1 Å². The number of aromatic nitrogens is 4. The Balaban J connectivity index is 1.89. The number of hydrogen-bond donors (Lipinski definition) is 0. The molecule has 0 amide bonds. The number of hydrogen-bond acceptors (Lipinski definition) is 4. The molecule has 1 aromatic carbocycles. The molecular formula is C20H20N4O2. The molecule has 0 unspecified atom stereocenters. The van der Waals surface area contributed by atoms with Crippen molar-refractivity contribution in [1.29, 1.82) is 0 Å². The Morgan fingerprint density at radius 1 is 1.15 bits per heavy atom. The van der Waals surface area contributed by atoms with Crippen LogP contribution in [-0.2, 0) is 11.3 Å².